The van der Waals surface area contributed by atoms with Crippen LogP contribution in [0.15, 0.2) is 54.6 Å². The van der Waals surface area contributed by atoms with Crippen molar-refractivity contribution in [2.75, 3.05) is 11.1 Å². The Morgan fingerprint density at radius 2 is 1.62 bits per heavy atom. The third-order valence-corrected chi connectivity index (χ3v) is 3.90. The van der Waals surface area contributed by atoms with E-state index in [1.807, 2.05) is 13.8 Å². The summed E-state index contributed by atoms with van der Waals surface area (Å²) in [5.74, 6) is 0.641. The van der Waals surface area contributed by atoms with E-state index >= 15 is 0 Å². The topological polar surface area (TPSA) is 77.2 Å². The molecule has 2 aromatic carbocycles. The standard InChI is InChI=1S/C20H18FN3O2/c1-12-11-18(19(22)23-13(12)2)20(25)24-15-5-9-17(10-6-15)26-16-7-3-14(21)4-8-16/h3-11H,1-2H3,(H2,22,23)(H,24,25). The highest BCUT2D eigenvalue weighted by molar-refractivity contribution is 6.07. The van der Waals surface area contributed by atoms with Crippen molar-refractivity contribution in [3.63, 3.8) is 0 Å². The van der Waals surface area contributed by atoms with Crippen LogP contribution in [-0.2, 0) is 0 Å². The minimum absolute atomic E-state index is 0.196. The van der Waals surface area contributed by atoms with E-state index in [1.165, 1.54) is 12.1 Å². The molecule has 26 heavy (non-hydrogen) atoms. The van der Waals surface area contributed by atoms with Gasteiger partial charge in [0.2, 0.25) is 0 Å². The monoisotopic (exact) mass is 351 g/mol. The Kier molecular flexibility index (Phi) is 4.84. The SMILES string of the molecule is Cc1cc(C(=O)Nc2ccc(Oc3ccc(F)cc3)cc2)c(N)nc1C. The average molecular weight is 351 g/mol. The van der Waals surface area contributed by atoms with Gasteiger partial charge in [-0.1, -0.05) is 0 Å². The van der Waals surface area contributed by atoms with Crippen molar-refractivity contribution in [1.82, 2.24) is 4.98 Å². The molecule has 0 fully saturated rings. The van der Waals surface area contributed by atoms with Crippen molar-refractivity contribution in [3.8, 4) is 11.5 Å². The van der Waals surface area contributed by atoms with Gasteiger partial charge in [-0.3, -0.25) is 4.79 Å². The number of hydrogen-bond acceptors (Lipinski definition) is 4. The highest BCUT2D eigenvalue weighted by atomic mass is 19.1. The molecule has 0 aliphatic carbocycles. The van der Waals surface area contributed by atoms with Gasteiger partial charge in [0.25, 0.3) is 5.91 Å². The van der Waals surface area contributed by atoms with Crippen LogP contribution in [0.5, 0.6) is 11.5 Å². The van der Waals surface area contributed by atoms with Crippen LogP contribution < -0.4 is 15.8 Å². The summed E-state index contributed by atoms with van der Waals surface area (Å²) >= 11 is 0. The molecule has 0 aliphatic rings. The first-order valence-corrected chi connectivity index (χ1v) is 8.01. The minimum atomic E-state index is -0.328. The molecule has 5 nitrogen and oxygen atoms in total. The number of nitrogens with two attached hydrogens (primary N) is 1. The molecule has 3 N–H and O–H groups in total. The quantitative estimate of drug-likeness (QED) is 0.727. The van der Waals surface area contributed by atoms with Gasteiger partial charge in [0.05, 0.1) is 5.56 Å². The second-order valence-electron chi connectivity index (χ2n) is 5.86. The van der Waals surface area contributed by atoms with E-state index in [1.54, 1.807) is 42.5 Å². The van der Waals surface area contributed by atoms with Crippen molar-refractivity contribution < 1.29 is 13.9 Å². The van der Waals surface area contributed by atoms with Crippen LogP contribution in [0.25, 0.3) is 0 Å². The van der Waals surface area contributed by atoms with Gasteiger partial charge in [-0.25, -0.2) is 9.37 Å². The average Bonchev–Trinajstić information content (AvgIpc) is 2.61. The predicted molar refractivity (Wildman–Crippen MR) is 99.0 cm³/mol. The lowest BCUT2D eigenvalue weighted by atomic mass is 10.1. The second-order valence-corrected chi connectivity index (χ2v) is 5.86. The van der Waals surface area contributed by atoms with E-state index in [0.29, 0.717) is 22.7 Å². The van der Waals surface area contributed by atoms with Crippen LogP contribution in [-0.4, -0.2) is 10.9 Å². The van der Waals surface area contributed by atoms with Gasteiger partial charge < -0.3 is 15.8 Å². The Labute approximate surface area is 150 Å². The van der Waals surface area contributed by atoms with Crippen LogP contribution >= 0.6 is 0 Å². The summed E-state index contributed by atoms with van der Waals surface area (Å²) in [6.45, 7) is 3.72. The highest BCUT2D eigenvalue weighted by Gasteiger charge is 2.13. The molecule has 1 amide bonds. The number of carbonyl (C=O) groups is 1. The van der Waals surface area contributed by atoms with Crippen molar-refractivity contribution >= 4 is 17.4 Å². The molecule has 0 radical (unpaired) electrons. The first kappa shape index (κ1) is 17.4. The lowest BCUT2D eigenvalue weighted by Crippen LogP contribution is -2.15. The molecular formula is C20H18FN3O2. The fourth-order valence-electron chi connectivity index (χ4n) is 2.35. The van der Waals surface area contributed by atoms with E-state index < -0.39 is 0 Å². The van der Waals surface area contributed by atoms with Crippen molar-refractivity contribution in [1.29, 1.82) is 0 Å². The Balaban J connectivity index is 1.70. The van der Waals surface area contributed by atoms with E-state index in [0.717, 1.165) is 11.3 Å². The number of rotatable bonds is 4. The Morgan fingerprint density at radius 3 is 2.23 bits per heavy atom. The lowest BCUT2D eigenvalue weighted by molar-refractivity contribution is 0.102. The molecule has 0 unspecified atom stereocenters. The van der Waals surface area contributed by atoms with Gasteiger partial charge >= 0.3 is 0 Å². The molecule has 0 aliphatic heterocycles. The number of aryl methyl sites for hydroxylation is 2. The van der Waals surface area contributed by atoms with Crippen molar-refractivity contribution in [2.45, 2.75) is 13.8 Å². The van der Waals surface area contributed by atoms with Gasteiger partial charge in [-0.15, -0.1) is 0 Å². The number of nitrogen functional groups attached to an aromatic ring is 1. The molecule has 0 spiro atoms. The number of anilines is 2. The molecule has 132 valence electrons. The molecule has 0 bridgehead atoms. The highest BCUT2D eigenvalue weighted by Crippen LogP contribution is 2.24. The Bertz CT molecular complexity index is 939. The number of ether oxygens (including phenoxy) is 1. The fraction of sp³-hybridized carbons (Fsp3) is 0.100. The van der Waals surface area contributed by atoms with Gasteiger partial charge in [0.15, 0.2) is 0 Å². The summed E-state index contributed by atoms with van der Waals surface area (Å²) in [7, 11) is 0. The Morgan fingerprint density at radius 1 is 1.04 bits per heavy atom. The molecule has 0 saturated carbocycles. The van der Waals surface area contributed by atoms with E-state index in [-0.39, 0.29) is 17.5 Å². The zero-order chi connectivity index (χ0) is 18.7. The Hall–Kier alpha value is -3.41. The zero-order valence-electron chi connectivity index (χ0n) is 14.4. The first-order chi connectivity index (χ1) is 12.4. The summed E-state index contributed by atoms with van der Waals surface area (Å²) in [6.07, 6.45) is 0. The van der Waals surface area contributed by atoms with Crippen LogP contribution in [0.1, 0.15) is 21.6 Å². The first-order valence-electron chi connectivity index (χ1n) is 8.01. The number of amides is 1. The molecule has 0 saturated heterocycles. The van der Waals surface area contributed by atoms with E-state index in [2.05, 4.69) is 10.3 Å². The molecule has 1 heterocycles. The number of carbonyl (C=O) groups excluding carboxylic acids is 1. The fourth-order valence-corrected chi connectivity index (χ4v) is 2.35. The lowest BCUT2D eigenvalue weighted by Gasteiger charge is -2.10. The summed E-state index contributed by atoms with van der Waals surface area (Å²) in [5, 5.41) is 2.78. The summed E-state index contributed by atoms with van der Waals surface area (Å²) in [5.41, 5.74) is 8.46. The number of nitrogens with one attached hydrogen (secondary N) is 1. The number of halogens is 1. The van der Waals surface area contributed by atoms with Crippen LogP contribution in [0.2, 0.25) is 0 Å². The molecule has 1 aromatic heterocycles. The summed E-state index contributed by atoms with van der Waals surface area (Å²) in [6, 6.07) is 14.3. The predicted octanol–water partition coefficient (Wildman–Crippen LogP) is 4.46. The molecule has 0 atom stereocenters. The largest absolute Gasteiger partial charge is 0.457 e. The van der Waals surface area contributed by atoms with Gasteiger partial charge in [0.1, 0.15) is 23.1 Å². The summed E-state index contributed by atoms with van der Waals surface area (Å²) in [4.78, 5) is 16.6. The third kappa shape index (κ3) is 3.97. The van der Waals surface area contributed by atoms with Crippen LogP contribution in [0, 0.1) is 19.7 Å². The van der Waals surface area contributed by atoms with Gasteiger partial charge in [-0.2, -0.15) is 0 Å². The normalized spacial score (nSPS) is 10.4. The minimum Gasteiger partial charge on any atom is -0.457 e. The number of hydrogen-bond donors (Lipinski definition) is 2. The zero-order valence-corrected chi connectivity index (χ0v) is 14.4. The van der Waals surface area contributed by atoms with Crippen molar-refractivity contribution in [3.05, 3.63) is 77.2 Å². The smallest absolute Gasteiger partial charge is 0.259 e. The van der Waals surface area contributed by atoms with Crippen LogP contribution in [0.3, 0.4) is 0 Å². The van der Waals surface area contributed by atoms with Crippen molar-refractivity contribution in [2.24, 2.45) is 0 Å². The molecular weight excluding hydrogens is 333 g/mol. The van der Waals surface area contributed by atoms with Gasteiger partial charge in [0, 0.05) is 11.4 Å². The summed E-state index contributed by atoms with van der Waals surface area (Å²) < 4.78 is 18.5. The number of pyridine rings is 1. The maximum Gasteiger partial charge on any atom is 0.259 e. The molecule has 3 rings (SSSR count). The molecule has 3 aromatic rings. The second kappa shape index (κ2) is 7.23. The van der Waals surface area contributed by atoms with E-state index in [9.17, 15) is 9.18 Å². The third-order valence-electron chi connectivity index (χ3n) is 3.90. The maximum absolute atomic E-state index is 12.9. The van der Waals surface area contributed by atoms with Crippen LogP contribution in [0.4, 0.5) is 15.9 Å². The number of benzene rings is 2. The molecule has 6 heteroatoms. The number of nitrogens with zero attached hydrogens (tertiary/aromatic N) is 1. The number of aromatic nitrogens is 1. The van der Waals surface area contributed by atoms with E-state index in [4.69, 9.17) is 10.5 Å². The van der Waals surface area contributed by atoms with Gasteiger partial charge in [-0.05, 0) is 74.0 Å². The maximum atomic E-state index is 12.9.